The number of anilines is 1. The van der Waals surface area contributed by atoms with Gasteiger partial charge in [-0.1, -0.05) is 23.7 Å². The number of halogens is 4. The van der Waals surface area contributed by atoms with Gasteiger partial charge in [-0.3, -0.25) is 0 Å². The van der Waals surface area contributed by atoms with Crippen LogP contribution in [0, 0.1) is 11.6 Å². The van der Waals surface area contributed by atoms with Gasteiger partial charge in [0.25, 0.3) is 0 Å². The smallest absolute Gasteiger partial charge is 0.207 e. The van der Waals surface area contributed by atoms with Crippen molar-refractivity contribution < 1.29 is 13.2 Å². The Morgan fingerprint density at radius 3 is 2.68 bits per heavy atom. The van der Waals surface area contributed by atoms with Crippen LogP contribution in [0.2, 0.25) is 5.02 Å². The molecule has 1 aliphatic heterocycles. The molecule has 0 radical (unpaired) electrons. The lowest BCUT2D eigenvalue weighted by molar-refractivity contribution is 0.243. The highest BCUT2D eigenvalue weighted by Crippen LogP contribution is 2.33. The van der Waals surface area contributed by atoms with Crippen molar-refractivity contribution in [1.29, 1.82) is 0 Å². The standard InChI is InChI=1S/C20H20ClF3N4/c1-11(12-3-2-4-13(21)7-12)28-19-9-16(24)15(23)8-18(19)26-20(28)27-6-5-14(22)17(25)10-27/h2-4,7-9,11,14,17H,5-6,10,25H2,1H3/t11-,14+,17+/m0/s1. The molecule has 8 heteroatoms. The highest BCUT2D eigenvalue weighted by Gasteiger charge is 2.30. The summed E-state index contributed by atoms with van der Waals surface area (Å²) in [5, 5.41) is 0.577. The molecular weight excluding hydrogens is 389 g/mol. The van der Waals surface area contributed by atoms with Gasteiger partial charge in [-0.2, -0.15) is 0 Å². The Labute approximate surface area is 165 Å². The molecule has 0 spiro atoms. The zero-order chi connectivity index (χ0) is 20.0. The number of piperidine rings is 1. The fraction of sp³-hybridized carbons (Fsp3) is 0.350. The lowest BCUT2D eigenvalue weighted by atomic mass is 10.0. The number of rotatable bonds is 3. The van der Waals surface area contributed by atoms with Crippen LogP contribution in [0.1, 0.15) is 24.9 Å². The van der Waals surface area contributed by atoms with E-state index in [0.29, 0.717) is 28.5 Å². The SMILES string of the molecule is C[C@@H](c1cccc(Cl)c1)n1c(N2CC[C@@H](F)[C@H](N)C2)nc2cc(F)c(F)cc21. The van der Waals surface area contributed by atoms with Gasteiger partial charge in [0.05, 0.1) is 23.1 Å². The first-order chi connectivity index (χ1) is 13.3. The molecule has 4 rings (SSSR count). The minimum atomic E-state index is -1.07. The van der Waals surface area contributed by atoms with Gasteiger partial charge in [-0.25, -0.2) is 18.2 Å². The summed E-state index contributed by atoms with van der Waals surface area (Å²) in [4.78, 5) is 6.41. The fourth-order valence-electron chi connectivity index (χ4n) is 3.73. The first-order valence-electron chi connectivity index (χ1n) is 9.12. The van der Waals surface area contributed by atoms with Crippen LogP contribution in [0.25, 0.3) is 11.0 Å². The van der Waals surface area contributed by atoms with E-state index in [1.807, 2.05) is 34.6 Å². The molecule has 1 fully saturated rings. The fourth-order valence-corrected chi connectivity index (χ4v) is 3.93. The normalized spacial score (nSPS) is 21.3. The summed E-state index contributed by atoms with van der Waals surface area (Å²) < 4.78 is 43.5. The minimum Gasteiger partial charge on any atom is -0.340 e. The van der Waals surface area contributed by atoms with Gasteiger partial charge in [0.2, 0.25) is 5.95 Å². The summed E-state index contributed by atoms with van der Waals surface area (Å²) in [6.07, 6.45) is -0.798. The summed E-state index contributed by atoms with van der Waals surface area (Å²) in [6, 6.07) is 8.65. The first kappa shape index (κ1) is 19.1. The molecule has 1 aromatic heterocycles. The van der Waals surface area contributed by atoms with Crippen molar-refractivity contribution in [2.24, 2.45) is 5.73 Å². The average Bonchev–Trinajstić information content (AvgIpc) is 3.02. The van der Waals surface area contributed by atoms with Crippen LogP contribution < -0.4 is 10.6 Å². The van der Waals surface area contributed by atoms with Crippen LogP contribution in [-0.4, -0.2) is 34.9 Å². The molecule has 0 bridgehead atoms. The van der Waals surface area contributed by atoms with Gasteiger partial charge in [-0.15, -0.1) is 0 Å². The average molecular weight is 409 g/mol. The summed E-state index contributed by atoms with van der Waals surface area (Å²) in [5.74, 6) is -1.40. The van der Waals surface area contributed by atoms with Gasteiger partial charge in [0.15, 0.2) is 11.6 Å². The largest absolute Gasteiger partial charge is 0.340 e. The van der Waals surface area contributed by atoms with Crippen molar-refractivity contribution in [2.75, 3.05) is 18.0 Å². The molecule has 0 unspecified atom stereocenters. The molecule has 0 aliphatic carbocycles. The van der Waals surface area contributed by atoms with Crippen LogP contribution in [0.4, 0.5) is 19.1 Å². The van der Waals surface area contributed by atoms with Crippen molar-refractivity contribution >= 4 is 28.6 Å². The molecule has 2 heterocycles. The molecular formula is C20H20ClF3N4. The summed E-state index contributed by atoms with van der Waals surface area (Å²) >= 11 is 6.14. The van der Waals surface area contributed by atoms with E-state index in [0.717, 1.165) is 17.7 Å². The number of hydrogen-bond acceptors (Lipinski definition) is 3. The highest BCUT2D eigenvalue weighted by molar-refractivity contribution is 6.30. The van der Waals surface area contributed by atoms with Crippen LogP contribution in [-0.2, 0) is 0 Å². The Bertz CT molecular complexity index is 1020. The maximum Gasteiger partial charge on any atom is 0.207 e. The lowest BCUT2D eigenvalue weighted by Crippen LogP contribution is -2.50. The second-order valence-corrected chi connectivity index (χ2v) is 7.62. The number of imidazole rings is 1. The second kappa shape index (κ2) is 7.29. The third-order valence-electron chi connectivity index (χ3n) is 5.28. The van der Waals surface area contributed by atoms with E-state index in [1.165, 1.54) is 0 Å². The number of alkyl halides is 1. The number of benzene rings is 2. The molecule has 0 amide bonds. The number of aromatic nitrogens is 2. The third-order valence-corrected chi connectivity index (χ3v) is 5.52. The zero-order valence-corrected chi connectivity index (χ0v) is 16.0. The monoisotopic (exact) mass is 408 g/mol. The van der Waals surface area contributed by atoms with Crippen LogP contribution >= 0.6 is 11.6 Å². The van der Waals surface area contributed by atoms with Crippen molar-refractivity contribution in [3.8, 4) is 0 Å². The molecule has 148 valence electrons. The molecule has 1 aliphatic rings. The summed E-state index contributed by atoms with van der Waals surface area (Å²) in [6.45, 7) is 2.63. The van der Waals surface area contributed by atoms with E-state index in [9.17, 15) is 13.2 Å². The van der Waals surface area contributed by atoms with Gasteiger partial charge >= 0.3 is 0 Å². The Hall–Kier alpha value is -2.25. The van der Waals surface area contributed by atoms with Crippen LogP contribution in [0.15, 0.2) is 36.4 Å². The zero-order valence-electron chi connectivity index (χ0n) is 15.2. The first-order valence-corrected chi connectivity index (χ1v) is 9.50. The minimum absolute atomic E-state index is 0.261. The quantitative estimate of drug-likeness (QED) is 0.696. The van der Waals surface area contributed by atoms with Crippen LogP contribution in [0.3, 0.4) is 0 Å². The number of nitrogens with two attached hydrogens (primary N) is 1. The third kappa shape index (κ3) is 3.33. The highest BCUT2D eigenvalue weighted by atomic mass is 35.5. The molecule has 2 aromatic carbocycles. The second-order valence-electron chi connectivity index (χ2n) is 7.18. The topological polar surface area (TPSA) is 47.1 Å². The van der Waals surface area contributed by atoms with Crippen molar-refractivity contribution in [2.45, 2.75) is 31.6 Å². The maximum atomic E-state index is 14.0. The van der Waals surface area contributed by atoms with Crippen molar-refractivity contribution in [3.63, 3.8) is 0 Å². The number of fused-ring (bicyclic) bond motifs is 1. The van der Waals surface area contributed by atoms with E-state index < -0.39 is 23.8 Å². The molecule has 3 aromatic rings. The number of hydrogen-bond donors (Lipinski definition) is 1. The maximum absolute atomic E-state index is 14.0. The van der Waals surface area contributed by atoms with E-state index in [-0.39, 0.29) is 19.0 Å². The van der Waals surface area contributed by atoms with Crippen molar-refractivity contribution in [3.05, 3.63) is 58.6 Å². The van der Waals surface area contributed by atoms with Gasteiger partial charge in [0.1, 0.15) is 6.17 Å². The van der Waals surface area contributed by atoms with Crippen LogP contribution in [0.5, 0.6) is 0 Å². The predicted octanol–water partition coefficient (Wildman–Crippen LogP) is 4.45. The Morgan fingerprint density at radius 1 is 1.21 bits per heavy atom. The number of nitrogens with zero attached hydrogens (tertiary/aromatic N) is 3. The summed E-state index contributed by atoms with van der Waals surface area (Å²) in [7, 11) is 0. The predicted molar refractivity (Wildman–Crippen MR) is 105 cm³/mol. The van der Waals surface area contributed by atoms with E-state index in [4.69, 9.17) is 17.3 Å². The van der Waals surface area contributed by atoms with Gasteiger partial charge in [-0.05, 0) is 31.0 Å². The summed E-state index contributed by atoms with van der Waals surface area (Å²) in [5.41, 5.74) is 7.59. The molecule has 0 saturated carbocycles. The van der Waals surface area contributed by atoms with E-state index in [1.54, 1.807) is 6.07 Å². The molecule has 28 heavy (non-hydrogen) atoms. The lowest BCUT2D eigenvalue weighted by Gasteiger charge is -2.35. The molecule has 3 atom stereocenters. The Balaban J connectivity index is 1.87. The van der Waals surface area contributed by atoms with E-state index >= 15 is 0 Å². The van der Waals surface area contributed by atoms with E-state index in [2.05, 4.69) is 4.98 Å². The van der Waals surface area contributed by atoms with Gasteiger partial charge in [0, 0.05) is 30.2 Å². The molecule has 2 N–H and O–H groups in total. The molecule has 1 saturated heterocycles. The van der Waals surface area contributed by atoms with Crippen molar-refractivity contribution in [1.82, 2.24) is 9.55 Å². The molecule has 4 nitrogen and oxygen atoms in total. The Morgan fingerprint density at radius 2 is 1.96 bits per heavy atom. The van der Waals surface area contributed by atoms with Gasteiger partial charge < -0.3 is 15.2 Å². The Kier molecular flexibility index (Phi) is 4.97.